The quantitative estimate of drug-likeness (QED) is 0.775. The van der Waals surface area contributed by atoms with Gasteiger partial charge in [-0.3, -0.25) is 4.90 Å². The maximum absolute atomic E-state index is 13.8. The number of piperazine rings is 1. The zero-order valence-electron chi connectivity index (χ0n) is 14.3. The van der Waals surface area contributed by atoms with Gasteiger partial charge in [-0.05, 0) is 11.6 Å². The first-order valence-electron chi connectivity index (χ1n) is 8.24. The summed E-state index contributed by atoms with van der Waals surface area (Å²) >= 11 is 0. The number of rotatable bonds is 6. The lowest BCUT2D eigenvalue weighted by molar-refractivity contribution is 0.0166. The average molecular weight is 405 g/mol. The molecule has 3 rings (SSSR count). The molecule has 144 valence electrons. The Labute approximate surface area is 165 Å². The minimum atomic E-state index is -2.45. The molecule has 3 nitrogen and oxygen atoms in total. The molecule has 0 saturated carbocycles. The van der Waals surface area contributed by atoms with Crippen LogP contribution in [0, 0.1) is 0 Å². The molecular formula is C19H24Cl2F2N2O. The molecule has 0 aromatic heterocycles. The van der Waals surface area contributed by atoms with Gasteiger partial charge in [-0.15, -0.1) is 24.8 Å². The summed E-state index contributed by atoms with van der Waals surface area (Å²) in [5, 5.41) is 3.20. The SMILES string of the molecule is Cl.Cl.FC(F)[C@@H](c1ccccc1OCc1ccccc1)N1CCNCC1. The maximum atomic E-state index is 13.8. The summed E-state index contributed by atoms with van der Waals surface area (Å²) in [6.07, 6.45) is -2.45. The van der Waals surface area contributed by atoms with Crippen LogP contribution in [-0.4, -0.2) is 37.5 Å². The average Bonchev–Trinajstić information content (AvgIpc) is 2.63. The highest BCUT2D eigenvalue weighted by Gasteiger charge is 2.32. The summed E-state index contributed by atoms with van der Waals surface area (Å²) in [5.41, 5.74) is 1.58. The molecule has 0 unspecified atom stereocenters. The Bertz CT molecular complexity index is 640. The van der Waals surface area contributed by atoms with Crippen LogP contribution in [0.5, 0.6) is 5.75 Å². The fraction of sp³-hybridized carbons (Fsp3) is 0.368. The van der Waals surface area contributed by atoms with Crippen LogP contribution in [0.2, 0.25) is 0 Å². The Morgan fingerprint density at radius 1 is 0.923 bits per heavy atom. The third-order valence-electron chi connectivity index (χ3n) is 4.26. The highest BCUT2D eigenvalue weighted by Crippen LogP contribution is 2.34. The van der Waals surface area contributed by atoms with Crippen molar-refractivity contribution >= 4 is 24.8 Å². The summed E-state index contributed by atoms with van der Waals surface area (Å²) in [6.45, 7) is 3.06. The fourth-order valence-corrected chi connectivity index (χ4v) is 3.04. The Hall–Kier alpha value is -1.40. The number of nitrogens with one attached hydrogen (secondary N) is 1. The molecule has 1 aliphatic rings. The number of hydrogen-bond acceptors (Lipinski definition) is 3. The van der Waals surface area contributed by atoms with Crippen molar-refractivity contribution in [2.24, 2.45) is 0 Å². The predicted molar refractivity (Wildman–Crippen MR) is 105 cm³/mol. The molecule has 0 bridgehead atoms. The molecule has 0 aliphatic carbocycles. The number of para-hydroxylation sites is 1. The van der Waals surface area contributed by atoms with Crippen molar-refractivity contribution in [1.29, 1.82) is 0 Å². The molecule has 1 aliphatic heterocycles. The summed E-state index contributed by atoms with van der Waals surface area (Å²) in [4.78, 5) is 1.84. The van der Waals surface area contributed by atoms with Gasteiger partial charge in [-0.2, -0.15) is 0 Å². The molecule has 7 heteroatoms. The van der Waals surface area contributed by atoms with Gasteiger partial charge < -0.3 is 10.1 Å². The molecule has 2 aromatic carbocycles. The van der Waals surface area contributed by atoms with Gasteiger partial charge in [0.25, 0.3) is 6.43 Å². The maximum Gasteiger partial charge on any atom is 0.258 e. The molecule has 26 heavy (non-hydrogen) atoms. The molecule has 0 radical (unpaired) electrons. The van der Waals surface area contributed by atoms with E-state index in [1.807, 2.05) is 41.3 Å². The van der Waals surface area contributed by atoms with Gasteiger partial charge in [0.05, 0.1) is 6.04 Å². The Kier molecular flexibility index (Phi) is 9.88. The number of halogens is 4. The second-order valence-electron chi connectivity index (χ2n) is 5.88. The van der Waals surface area contributed by atoms with Gasteiger partial charge in [-0.1, -0.05) is 48.5 Å². The van der Waals surface area contributed by atoms with Crippen molar-refractivity contribution in [3.63, 3.8) is 0 Å². The Morgan fingerprint density at radius 3 is 2.19 bits per heavy atom. The summed E-state index contributed by atoms with van der Waals surface area (Å²) in [5.74, 6) is 0.533. The highest BCUT2D eigenvalue weighted by molar-refractivity contribution is 5.85. The number of alkyl halides is 2. The van der Waals surface area contributed by atoms with E-state index in [-0.39, 0.29) is 24.8 Å². The van der Waals surface area contributed by atoms with Crippen LogP contribution >= 0.6 is 24.8 Å². The zero-order valence-corrected chi connectivity index (χ0v) is 15.9. The van der Waals surface area contributed by atoms with E-state index in [2.05, 4.69) is 5.32 Å². The lowest BCUT2D eigenvalue weighted by Crippen LogP contribution is -2.47. The van der Waals surface area contributed by atoms with Crippen molar-refractivity contribution in [3.8, 4) is 5.75 Å². The fourth-order valence-electron chi connectivity index (χ4n) is 3.04. The van der Waals surface area contributed by atoms with Crippen LogP contribution in [0.4, 0.5) is 8.78 Å². The number of hydrogen-bond donors (Lipinski definition) is 1. The van der Waals surface area contributed by atoms with Gasteiger partial charge in [0.1, 0.15) is 12.4 Å². The minimum absolute atomic E-state index is 0. The smallest absolute Gasteiger partial charge is 0.258 e. The second-order valence-corrected chi connectivity index (χ2v) is 5.88. The van der Waals surface area contributed by atoms with E-state index in [4.69, 9.17) is 4.74 Å². The van der Waals surface area contributed by atoms with Crippen molar-refractivity contribution in [3.05, 3.63) is 65.7 Å². The van der Waals surface area contributed by atoms with E-state index >= 15 is 0 Å². The molecular weight excluding hydrogens is 381 g/mol. The van der Waals surface area contributed by atoms with Crippen molar-refractivity contribution < 1.29 is 13.5 Å². The monoisotopic (exact) mass is 404 g/mol. The lowest BCUT2D eigenvalue weighted by atomic mass is 10.0. The first kappa shape index (κ1) is 22.6. The summed E-state index contributed by atoms with van der Waals surface area (Å²) < 4.78 is 33.5. The van der Waals surface area contributed by atoms with E-state index in [1.54, 1.807) is 18.2 Å². The summed E-state index contributed by atoms with van der Waals surface area (Å²) in [7, 11) is 0. The lowest BCUT2D eigenvalue weighted by Gasteiger charge is -2.35. The number of benzene rings is 2. The van der Waals surface area contributed by atoms with Gasteiger partial charge in [0.2, 0.25) is 0 Å². The Balaban J connectivity index is 0.00000169. The molecule has 1 heterocycles. The normalized spacial score (nSPS) is 15.7. The molecule has 0 amide bonds. The van der Waals surface area contributed by atoms with Crippen LogP contribution in [-0.2, 0) is 6.61 Å². The first-order chi connectivity index (χ1) is 11.8. The molecule has 1 N–H and O–H groups in total. The van der Waals surface area contributed by atoms with Gasteiger partial charge in [0, 0.05) is 31.7 Å². The molecule has 1 fully saturated rings. The third kappa shape index (κ3) is 5.81. The van der Waals surface area contributed by atoms with Gasteiger partial charge in [-0.25, -0.2) is 8.78 Å². The van der Waals surface area contributed by atoms with E-state index in [1.165, 1.54) is 0 Å². The standard InChI is InChI=1S/C19H22F2N2O.2ClH/c20-19(21)18(23-12-10-22-11-13-23)16-8-4-5-9-17(16)24-14-15-6-2-1-3-7-15;;/h1-9,18-19,22H,10-14H2;2*1H/t18-;;/m1../s1. The van der Waals surface area contributed by atoms with Crippen molar-refractivity contribution in [2.75, 3.05) is 26.2 Å². The molecule has 1 atom stereocenters. The highest BCUT2D eigenvalue weighted by atomic mass is 35.5. The molecule has 2 aromatic rings. The topological polar surface area (TPSA) is 24.5 Å². The van der Waals surface area contributed by atoms with Crippen molar-refractivity contribution in [1.82, 2.24) is 10.2 Å². The second kappa shape index (κ2) is 11.3. The largest absolute Gasteiger partial charge is 0.489 e. The van der Waals surface area contributed by atoms with Crippen LogP contribution in [0.1, 0.15) is 17.2 Å². The summed E-state index contributed by atoms with van der Waals surface area (Å²) in [6, 6.07) is 15.9. The first-order valence-corrected chi connectivity index (χ1v) is 8.24. The van der Waals surface area contributed by atoms with E-state index in [0.29, 0.717) is 31.0 Å². The van der Waals surface area contributed by atoms with Gasteiger partial charge >= 0.3 is 0 Å². The number of nitrogens with zero attached hydrogens (tertiary/aromatic N) is 1. The van der Waals surface area contributed by atoms with Crippen LogP contribution in [0.15, 0.2) is 54.6 Å². The van der Waals surface area contributed by atoms with Crippen LogP contribution < -0.4 is 10.1 Å². The van der Waals surface area contributed by atoms with E-state index < -0.39 is 12.5 Å². The van der Waals surface area contributed by atoms with Gasteiger partial charge in [0.15, 0.2) is 0 Å². The predicted octanol–water partition coefficient (Wildman–Crippen LogP) is 4.32. The van der Waals surface area contributed by atoms with Crippen LogP contribution in [0.25, 0.3) is 0 Å². The zero-order chi connectivity index (χ0) is 16.8. The number of ether oxygens (including phenoxy) is 1. The van der Waals surface area contributed by atoms with E-state index in [9.17, 15) is 8.78 Å². The molecule has 1 saturated heterocycles. The van der Waals surface area contributed by atoms with Crippen molar-refractivity contribution in [2.45, 2.75) is 19.1 Å². The third-order valence-corrected chi connectivity index (χ3v) is 4.26. The minimum Gasteiger partial charge on any atom is -0.489 e. The Morgan fingerprint density at radius 2 is 1.54 bits per heavy atom. The van der Waals surface area contributed by atoms with E-state index in [0.717, 1.165) is 18.7 Å². The van der Waals surface area contributed by atoms with Crippen LogP contribution in [0.3, 0.4) is 0 Å². The molecule has 0 spiro atoms.